The van der Waals surface area contributed by atoms with Crippen LogP contribution in [0.1, 0.15) is 0 Å². The molecule has 5 nitrogen and oxygen atoms in total. The highest BCUT2D eigenvalue weighted by atomic mass is 35.5. The van der Waals surface area contributed by atoms with Gasteiger partial charge in [-0.3, -0.25) is 4.84 Å². The van der Waals surface area contributed by atoms with E-state index in [0.717, 1.165) is 11.0 Å². The van der Waals surface area contributed by atoms with Crippen molar-refractivity contribution in [1.82, 2.24) is 5.48 Å². The Morgan fingerprint density at radius 2 is 2.00 bits per heavy atom. The average molecular weight is 198 g/mol. The van der Waals surface area contributed by atoms with Crippen molar-refractivity contribution < 1.29 is 26.5 Å². The number of hydrogen-bond donors (Lipinski definition) is 2. The van der Waals surface area contributed by atoms with E-state index in [1.54, 1.807) is 0 Å². The van der Waals surface area contributed by atoms with Gasteiger partial charge in [0.2, 0.25) is 0 Å². The fourth-order valence-electron chi connectivity index (χ4n) is 0.442. The summed E-state index contributed by atoms with van der Waals surface area (Å²) in [5.41, 5.74) is 6.81. The van der Waals surface area contributed by atoms with E-state index < -0.39 is 6.03 Å². The Balaban J connectivity index is 0. The first-order valence-corrected chi connectivity index (χ1v) is 3.39. The number of hydroxylamine groups is 1. The Kier molecular flexibility index (Phi) is 7.07. The summed E-state index contributed by atoms with van der Waals surface area (Å²) in [7, 11) is 6.11. The molecule has 3 N–H and O–H groups in total. The van der Waals surface area contributed by atoms with Gasteiger partial charge >= 0.3 is 6.03 Å². The molecule has 0 aromatic heterocycles. The number of nitrogens with two attached hydrogens (primary N) is 1. The third kappa shape index (κ3) is 12.2. The van der Waals surface area contributed by atoms with Gasteiger partial charge in [-0.1, -0.05) is 0 Å². The molecule has 0 aromatic carbocycles. The Bertz CT molecular complexity index is 135. The molecule has 0 atom stereocenters. The third-order valence-corrected chi connectivity index (χ3v) is 1.04. The van der Waals surface area contributed by atoms with Crippen LogP contribution in [0.25, 0.3) is 0 Å². The molecular formula is C6H16ClN3O2. The summed E-state index contributed by atoms with van der Waals surface area (Å²) in [5, 5.41) is 0. The molecule has 12 heavy (non-hydrogen) atoms. The van der Waals surface area contributed by atoms with Gasteiger partial charge in [-0.05, 0) is 0 Å². The van der Waals surface area contributed by atoms with E-state index in [4.69, 9.17) is 10.6 Å². The molecule has 0 saturated carbocycles. The highest BCUT2D eigenvalue weighted by molar-refractivity contribution is 5.70. The molecule has 0 spiro atoms. The molecule has 74 valence electrons. The summed E-state index contributed by atoms with van der Waals surface area (Å²) in [5.74, 6) is 0. The van der Waals surface area contributed by atoms with Gasteiger partial charge in [-0.2, -0.15) is 0 Å². The topological polar surface area (TPSA) is 64.3 Å². The minimum atomic E-state index is -0.661. The van der Waals surface area contributed by atoms with Crippen LogP contribution >= 0.6 is 0 Å². The molecular weight excluding hydrogens is 182 g/mol. The predicted octanol–water partition coefficient (Wildman–Crippen LogP) is -3.70. The van der Waals surface area contributed by atoms with Crippen LogP contribution in [0, 0.1) is 0 Å². The number of carbonyl (C=O) groups is 1. The van der Waals surface area contributed by atoms with Crippen molar-refractivity contribution in [2.24, 2.45) is 5.73 Å². The van der Waals surface area contributed by atoms with E-state index in [1.165, 1.54) is 0 Å². The molecule has 0 aliphatic heterocycles. The van der Waals surface area contributed by atoms with E-state index >= 15 is 0 Å². The number of hydrogen-bond acceptors (Lipinski definition) is 2. The lowest BCUT2D eigenvalue weighted by Gasteiger charge is -2.23. The zero-order valence-corrected chi connectivity index (χ0v) is 8.39. The highest BCUT2D eigenvalue weighted by Crippen LogP contribution is 1.87. The van der Waals surface area contributed by atoms with Crippen LogP contribution in [0.5, 0.6) is 0 Å². The number of urea groups is 1. The van der Waals surface area contributed by atoms with Crippen LogP contribution in [-0.2, 0) is 4.84 Å². The van der Waals surface area contributed by atoms with Gasteiger partial charge in [0.1, 0.15) is 13.2 Å². The number of halogens is 1. The molecule has 0 aromatic rings. The van der Waals surface area contributed by atoms with E-state index in [9.17, 15) is 4.79 Å². The van der Waals surface area contributed by atoms with E-state index in [-0.39, 0.29) is 12.4 Å². The Labute approximate surface area is 78.8 Å². The van der Waals surface area contributed by atoms with Crippen molar-refractivity contribution in [2.45, 2.75) is 0 Å². The second-order valence-electron chi connectivity index (χ2n) is 3.33. The van der Waals surface area contributed by atoms with E-state index in [2.05, 4.69) is 0 Å². The predicted molar refractivity (Wildman–Crippen MR) is 41.6 cm³/mol. The first kappa shape index (κ1) is 14.0. The van der Waals surface area contributed by atoms with Crippen LogP contribution in [0.15, 0.2) is 0 Å². The lowest BCUT2D eigenvalue weighted by molar-refractivity contribution is -0.870. The average Bonchev–Trinajstić information content (AvgIpc) is 1.78. The van der Waals surface area contributed by atoms with Crippen LogP contribution in [-0.4, -0.2) is 44.8 Å². The fraction of sp³-hybridized carbons (Fsp3) is 0.833. The van der Waals surface area contributed by atoms with Gasteiger partial charge in [0.15, 0.2) is 0 Å². The van der Waals surface area contributed by atoms with Crippen molar-refractivity contribution in [3.8, 4) is 0 Å². The molecule has 0 bridgehead atoms. The monoisotopic (exact) mass is 197 g/mol. The molecule has 0 fully saturated rings. The summed E-state index contributed by atoms with van der Waals surface area (Å²) in [6, 6.07) is -0.661. The second kappa shape index (κ2) is 6.05. The van der Waals surface area contributed by atoms with E-state index in [0.29, 0.717) is 6.61 Å². The van der Waals surface area contributed by atoms with Crippen molar-refractivity contribution >= 4 is 6.03 Å². The summed E-state index contributed by atoms with van der Waals surface area (Å²) in [6.45, 7) is 1.28. The molecule has 0 aliphatic carbocycles. The van der Waals surface area contributed by atoms with Crippen LogP contribution < -0.4 is 23.6 Å². The molecule has 0 rings (SSSR count). The quantitative estimate of drug-likeness (QED) is 0.277. The smallest absolute Gasteiger partial charge is 0.336 e. The first-order chi connectivity index (χ1) is 4.92. The lowest BCUT2D eigenvalue weighted by atomic mass is 10.5. The standard InChI is InChI=1S/C6H15N3O2.ClH/c1-9(2,3)4-5-11-8-6(7)10;/h4-5H2,1-3H3,(H2-,7,8,10);1H. The van der Waals surface area contributed by atoms with Crippen molar-refractivity contribution in [2.75, 3.05) is 34.3 Å². The third-order valence-electron chi connectivity index (χ3n) is 1.04. The normalized spacial score (nSPS) is 10.2. The molecule has 0 radical (unpaired) electrons. The Hall–Kier alpha value is -0.520. The number of likely N-dealkylation sites (N-methyl/N-ethyl adjacent to an activating group) is 1. The summed E-state index contributed by atoms with van der Waals surface area (Å²) < 4.78 is 0.792. The van der Waals surface area contributed by atoms with Crippen LogP contribution in [0.3, 0.4) is 0 Å². The minimum absolute atomic E-state index is 0. The molecule has 0 heterocycles. The van der Waals surface area contributed by atoms with Crippen LogP contribution in [0.4, 0.5) is 4.79 Å². The van der Waals surface area contributed by atoms with Gasteiger partial charge in [0.25, 0.3) is 0 Å². The Morgan fingerprint density at radius 1 is 1.50 bits per heavy atom. The number of carbonyl (C=O) groups excluding carboxylic acids is 1. The van der Waals surface area contributed by atoms with Crippen molar-refractivity contribution in [3.63, 3.8) is 0 Å². The molecule has 2 amide bonds. The molecule has 0 aliphatic rings. The molecule has 0 saturated heterocycles. The second-order valence-corrected chi connectivity index (χ2v) is 3.33. The fourth-order valence-corrected chi connectivity index (χ4v) is 0.442. The summed E-state index contributed by atoms with van der Waals surface area (Å²) >= 11 is 0. The maximum Gasteiger partial charge on any atom is 0.336 e. The largest absolute Gasteiger partial charge is 1.00 e. The highest BCUT2D eigenvalue weighted by Gasteiger charge is 2.05. The number of amides is 2. The Morgan fingerprint density at radius 3 is 2.33 bits per heavy atom. The van der Waals surface area contributed by atoms with Gasteiger partial charge < -0.3 is 22.6 Å². The maximum absolute atomic E-state index is 10.1. The first-order valence-electron chi connectivity index (χ1n) is 3.39. The number of nitrogens with one attached hydrogen (secondary N) is 1. The van der Waals surface area contributed by atoms with Crippen molar-refractivity contribution in [1.29, 1.82) is 0 Å². The minimum Gasteiger partial charge on any atom is -1.00 e. The van der Waals surface area contributed by atoms with Gasteiger partial charge in [-0.15, -0.1) is 0 Å². The van der Waals surface area contributed by atoms with Gasteiger partial charge in [-0.25, -0.2) is 10.3 Å². The van der Waals surface area contributed by atoms with Gasteiger partial charge in [0.05, 0.1) is 21.1 Å². The van der Waals surface area contributed by atoms with Gasteiger partial charge in [0, 0.05) is 0 Å². The zero-order valence-electron chi connectivity index (χ0n) is 7.63. The maximum atomic E-state index is 10.1. The number of nitrogens with zero attached hydrogens (tertiary/aromatic N) is 1. The van der Waals surface area contributed by atoms with E-state index in [1.807, 2.05) is 26.6 Å². The molecule has 6 heteroatoms. The number of quaternary nitrogens is 1. The SMILES string of the molecule is C[N+](C)(C)CCONC(N)=O.[Cl-]. The number of rotatable bonds is 4. The molecule has 0 unspecified atom stereocenters. The summed E-state index contributed by atoms with van der Waals surface area (Å²) in [6.07, 6.45) is 0. The summed E-state index contributed by atoms with van der Waals surface area (Å²) in [4.78, 5) is 14.8. The van der Waals surface area contributed by atoms with Crippen LogP contribution in [0.2, 0.25) is 0 Å². The number of primary amides is 1. The lowest BCUT2D eigenvalue weighted by Crippen LogP contribution is -3.00. The van der Waals surface area contributed by atoms with Crippen molar-refractivity contribution in [3.05, 3.63) is 0 Å². The zero-order chi connectivity index (χ0) is 8.91.